The minimum atomic E-state index is -0.281. The molecule has 0 radical (unpaired) electrons. The number of hydrazine groups is 1. The van der Waals surface area contributed by atoms with Crippen molar-refractivity contribution in [1.29, 1.82) is 0 Å². The zero-order valence-corrected chi connectivity index (χ0v) is 16.4. The molecule has 29 heavy (non-hydrogen) atoms. The molecular formula is C21H21N5O2S. The first kappa shape index (κ1) is 19.3. The second kappa shape index (κ2) is 8.95. The van der Waals surface area contributed by atoms with Crippen LogP contribution >= 0.6 is 11.3 Å². The molecule has 2 amide bonds. The van der Waals surface area contributed by atoms with Crippen LogP contribution in [0.5, 0.6) is 0 Å². The Morgan fingerprint density at radius 2 is 1.97 bits per heavy atom. The molecule has 2 unspecified atom stereocenters. The molecule has 2 aromatic heterocycles. The van der Waals surface area contributed by atoms with Crippen LogP contribution in [0.15, 0.2) is 66.3 Å². The average molecular weight is 407 g/mol. The minimum absolute atomic E-state index is 0.0530. The Morgan fingerprint density at radius 3 is 2.76 bits per heavy atom. The Balaban J connectivity index is 1.30. The molecule has 1 aromatic carbocycles. The van der Waals surface area contributed by atoms with Crippen LogP contribution in [0, 0.1) is 0 Å². The average Bonchev–Trinajstić information content (AvgIpc) is 3.45. The van der Waals surface area contributed by atoms with Crippen molar-refractivity contribution in [3.63, 3.8) is 0 Å². The quantitative estimate of drug-likeness (QED) is 0.504. The Bertz CT molecular complexity index is 978. The van der Waals surface area contributed by atoms with E-state index in [9.17, 15) is 9.59 Å². The van der Waals surface area contributed by atoms with Crippen molar-refractivity contribution in [2.24, 2.45) is 0 Å². The SMILES string of the molecule is O=C(Nc1cccc(CNC(=O)C2CC(c3cccs3)NN2)c1)c1ccncc1. The molecule has 0 aliphatic carbocycles. The van der Waals surface area contributed by atoms with Crippen LogP contribution in [-0.4, -0.2) is 22.8 Å². The molecule has 3 aromatic rings. The number of thiophene rings is 1. The molecule has 0 saturated carbocycles. The van der Waals surface area contributed by atoms with Crippen LogP contribution < -0.4 is 21.5 Å². The monoisotopic (exact) mass is 407 g/mol. The van der Waals surface area contributed by atoms with E-state index in [1.165, 1.54) is 4.88 Å². The number of benzene rings is 1. The molecule has 148 valence electrons. The number of aromatic nitrogens is 1. The maximum Gasteiger partial charge on any atom is 0.255 e. The zero-order valence-electron chi connectivity index (χ0n) is 15.6. The molecule has 1 saturated heterocycles. The number of hydrogen-bond donors (Lipinski definition) is 4. The molecule has 4 N–H and O–H groups in total. The summed E-state index contributed by atoms with van der Waals surface area (Å²) in [5.74, 6) is -0.253. The molecule has 8 heteroatoms. The maximum atomic E-state index is 12.5. The summed E-state index contributed by atoms with van der Waals surface area (Å²) in [6, 6.07) is 14.7. The van der Waals surface area contributed by atoms with Crippen LogP contribution in [0.4, 0.5) is 5.69 Å². The molecule has 0 bridgehead atoms. The zero-order chi connectivity index (χ0) is 20.1. The lowest BCUT2D eigenvalue weighted by Gasteiger charge is -2.12. The van der Waals surface area contributed by atoms with Gasteiger partial charge < -0.3 is 10.6 Å². The second-order valence-electron chi connectivity index (χ2n) is 6.75. The number of rotatable bonds is 6. The van der Waals surface area contributed by atoms with E-state index in [0.717, 1.165) is 5.56 Å². The van der Waals surface area contributed by atoms with Crippen molar-refractivity contribution in [3.8, 4) is 0 Å². The highest BCUT2D eigenvalue weighted by molar-refractivity contribution is 7.10. The lowest BCUT2D eigenvalue weighted by atomic mass is 10.1. The molecule has 7 nitrogen and oxygen atoms in total. The van der Waals surface area contributed by atoms with Crippen LogP contribution in [-0.2, 0) is 11.3 Å². The number of anilines is 1. The highest BCUT2D eigenvalue weighted by Gasteiger charge is 2.30. The number of hydrogen-bond acceptors (Lipinski definition) is 6. The summed E-state index contributed by atoms with van der Waals surface area (Å²) < 4.78 is 0. The lowest BCUT2D eigenvalue weighted by Crippen LogP contribution is -2.42. The van der Waals surface area contributed by atoms with Crippen molar-refractivity contribution < 1.29 is 9.59 Å². The largest absolute Gasteiger partial charge is 0.351 e. The molecular weight excluding hydrogens is 386 g/mol. The van der Waals surface area contributed by atoms with Gasteiger partial charge in [-0.1, -0.05) is 18.2 Å². The van der Waals surface area contributed by atoms with E-state index < -0.39 is 0 Å². The summed E-state index contributed by atoms with van der Waals surface area (Å²) in [5.41, 5.74) is 8.38. The highest BCUT2D eigenvalue weighted by atomic mass is 32.1. The first-order valence-electron chi connectivity index (χ1n) is 9.31. The fraction of sp³-hybridized carbons (Fsp3) is 0.190. The Morgan fingerprint density at radius 1 is 1.10 bits per heavy atom. The van der Waals surface area contributed by atoms with E-state index >= 15 is 0 Å². The van der Waals surface area contributed by atoms with Gasteiger partial charge in [-0.15, -0.1) is 11.3 Å². The minimum Gasteiger partial charge on any atom is -0.351 e. The molecule has 1 fully saturated rings. The van der Waals surface area contributed by atoms with Gasteiger partial charge in [0.15, 0.2) is 0 Å². The normalized spacial score (nSPS) is 18.3. The van der Waals surface area contributed by atoms with E-state index in [0.29, 0.717) is 24.2 Å². The first-order chi connectivity index (χ1) is 14.2. The fourth-order valence-electron chi connectivity index (χ4n) is 3.18. The Hall–Kier alpha value is -3.07. The highest BCUT2D eigenvalue weighted by Crippen LogP contribution is 2.26. The summed E-state index contributed by atoms with van der Waals surface area (Å²) in [7, 11) is 0. The number of carbonyl (C=O) groups is 2. The molecule has 3 heterocycles. The number of amides is 2. The van der Waals surface area contributed by atoms with Gasteiger partial charge in [-0.05, 0) is 47.7 Å². The lowest BCUT2D eigenvalue weighted by molar-refractivity contribution is -0.123. The van der Waals surface area contributed by atoms with Crippen LogP contribution in [0.3, 0.4) is 0 Å². The smallest absolute Gasteiger partial charge is 0.255 e. The third-order valence-corrected chi connectivity index (χ3v) is 5.69. The van der Waals surface area contributed by atoms with E-state index in [4.69, 9.17) is 0 Å². The van der Waals surface area contributed by atoms with Crippen molar-refractivity contribution >= 4 is 28.8 Å². The van der Waals surface area contributed by atoms with Gasteiger partial charge in [0.25, 0.3) is 5.91 Å². The summed E-state index contributed by atoms with van der Waals surface area (Å²) in [4.78, 5) is 29.9. The van der Waals surface area contributed by atoms with Gasteiger partial charge >= 0.3 is 0 Å². The van der Waals surface area contributed by atoms with Crippen LogP contribution in [0.25, 0.3) is 0 Å². The number of nitrogens with one attached hydrogen (secondary N) is 4. The van der Waals surface area contributed by atoms with Crippen LogP contribution in [0.1, 0.15) is 33.3 Å². The van der Waals surface area contributed by atoms with E-state index in [1.807, 2.05) is 35.7 Å². The first-order valence-corrected chi connectivity index (χ1v) is 10.2. The molecule has 1 aliphatic heterocycles. The summed E-state index contributed by atoms with van der Waals surface area (Å²) in [6.07, 6.45) is 3.86. The van der Waals surface area contributed by atoms with Gasteiger partial charge in [0.1, 0.15) is 6.04 Å². The number of nitrogens with zero attached hydrogens (tertiary/aromatic N) is 1. The van der Waals surface area contributed by atoms with Gasteiger partial charge in [0.2, 0.25) is 5.91 Å². The third kappa shape index (κ3) is 4.86. The summed E-state index contributed by atoms with van der Waals surface area (Å²) in [6.45, 7) is 0.389. The Labute approximate surface area is 172 Å². The van der Waals surface area contributed by atoms with E-state index in [1.54, 1.807) is 35.9 Å². The van der Waals surface area contributed by atoms with E-state index in [2.05, 4.69) is 32.5 Å². The van der Waals surface area contributed by atoms with Gasteiger partial charge in [0.05, 0.1) is 6.04 Å². The molecule has 2 atom stereocenters. The molecule has 1 aliphatic rings. The third-order valence-electron chi connectivity index (χ3n) is 4.70. The van der Waals surface area contributed by atoms with Gasteiger partial charge in [-0.25, -0.2) is 10.9 Å². The van der Waals surface area contributed by atoms with Crippen molar-refractivity contribution in [2.45, 2.75) is 25.0 Å². The second-order valence-corrected chi connectivity index (χ2v) is 7.73. The number of carbonyl (C=O) groups excluding carboxylic acids is 2. The number of pyridine rings is 1. The van der Waals surface area contributed by atoms with Crippen molar-refractivity contribution in [3.05, 3.63) is 82.3 Å². The Kier molecular flexibility index (Phi) is 5.95. The molecule has 4 rings (SSSR count). The van der Waals surface area contributed by atoms with Crippen LogP contribution in [0.2, 0.25) is 0 Å². The standard InChI is InChI=1S/C21H21N5O2S/c27-20(15-6-8-22-9-7-15)24-16-4-1-3-14(11-16)13-23-21(28)18-12-17(25-26-18)19-5-2-10-29-19/h1-11,17-18,25-26H,12-13H2,(H,23,28)(H,24,27). The van der Waals surface area contributed by atoms with Gasteiger partial charge in [0, 0.05) is 35.1 Å². The van der Waals surface area contributed by atoms with Crippen molar-refractivity contribution in [1.82, 2.24) is 21.2 Å². The molecule has 0 spiro atoms. The predicted molar refractivity (Wildman–Crippen MR) is 112 cm³/mol. The van der Waals surface area contributed by atoms with E-state index in [-0.39, 0.29) is 23.9 Å². The predicted octanol–water partition coefficient (Wildman–Crippen LogP) is 2.62. The summed E-state index contributed by atoms with van der Waals surface area (Å²) in [5, 5.41) is 7.85. The van der Waals surface area contributed by atoms with Gasteiger partial charge in [-0.2, -0.15) is 0 Å². The van der Waals surface area contributed by atoms with Crippen molar-refractivity contribution in [2.75, 3.05) is 5.32 Å². The fourth-order valence-corrected chi connectivity index (χ4v) is 3.97. The summed E-state index contributed by atoms with van der Waals surface area (Å²) >= 11 is 1.68. The maximum absolute atomic E-state index is 12.5. The topological polar surface area (TPSA) is 95.2 Å². The van der Waals surface area contributed by atoms with Gasteiger partial charge in [-0.3, -0.25) is 14.6 Å².